The van der Waals surface area contributed by atoms with Crippen molar-refractivity contribution >= 4 is 17.5 Å². The van der Waals surface area contributed by atoms with E-state index in [1.807, 2.05) is 24.3 Å². The molecule has 0 radical (unpaired) electrons. The average molecular weight is 343 g/mol. The molecule has 136 valence electrons. The second-order valence-corrected chi connectivity index (χ2v) is 7.43. The summed E-state index contributed by atoms with van der Waals surface area (Å²) in [6.45, 7) is 7.88. The number of para-hydroxylation sites is 1. The minimum Gasteiger partial charge on any atom is -0.354 e. The monoisotopic (exact) mass is 343 g/mol. The van der Waals surface area contributed by atoms with Gasteiger partial charge in [-0.3, -0.25) is 14.5 Å². The number of likely N-dealkylation sites (tertiary alicyclic amines) is 1. The number of fused-ring (bicyclic) bond motifs is 1. The summed E-state index contributed by atoms with van der Waals surface area (Å²) < 4.78 is 0. The lowest BCUT2D eigenvalue weighted by molar-refractivity contribution is -0.125. The summed E-state index contributed by atoms with van der Waals surface area (Å²) >= 11 is 0. The van der Waals surface area contributed by atoms with Gasteiger partial charge in [-0.05, 0) is 49.9 Å². The number of benzene rings is 1. The van der Waals surface area contributed by atoms with Crippen molar-refractivity contribution in [1.82, 2.24) is 10.2 Å². The number of hydrogen-bond acceptors (Lipinski definition) is 3. The maximum atomic E-state index is 12.6. The molecule has 0 aliphatic carbocycles. The average Bonchev–Trinajstić information content (AvgIpc) is 2.98. The molecular weight excluding hydrogens is 314 g/mol. The minimum absolute atomic E-state index is 0.0431. The zero-order valence-electron chi connectivity index (χ0n) is 15.3. The molecule has 1 N–H and O–H groups in total. The molecule has 0 bridgehead atoms. The van der Waals surface area contributed by atoms with E-state index in [1.54, 1.807) is 4.90 Å². The van der Waals surface area contributed by atoms with Crippen LogP contribution in [-0.4, -0.2) is 48.9 Å². The van der Waals surface area contributed by atoms with E-state index in [0.717, 1.165) is 30.1 Å². The summed E-state index contributed by atoms with van der Waals surface area (Å²) in [6, 6.07) is 7.37. The van der Waals surface area contributed by atoms with Gasteiger partial charge in [0.1, 0.15) is 6.04 Å². The summed E-state index contributed by atoms with van der Waals surface area (Å²) in [5.41, 5.74) is 1.94. The van der Waals surface area contributed by atoms with E-state index in [1.165, 1.54) is 32.9 Å². The van der Waals surface area contributed by atoms with Crippen LogP contribution in [0.1, 0.15) is 38.7 Å². The Morgan fingerprint density at radius 2 is 2.08 bits per heavy atom. The number of rotatable bonds is 5. The van der Waals surface area contributed by atoms with Crippen molar-refractivity contribution in [1.29, 1.82) is 0 Å². The Labute approximate surface area is 150 Å². The summed E-state index contributed by atoms with van der Waals surface area (Å²) in [5.74, 6) is 0.662. The molecule has 1 saturated heterocycles. The summed E-state index contributed by atoms with van der Waals surface area (Å²) in [5, 5.41) is 3.04. The lowest BCUT2D eigenvalue weighted by atomic mass is 10.0. The summed E-state index contributed by atoms with van der Waals surface area (Å²) in [4.78, 5) is 28.8. The molecule has 25 heavy (non-hydrogen) atoms. The molecule has 0 spiro atoms. The van der Waals surface area contributed by atoms with Gasteiger partial charge in [0.25, 0.3) is 0 Å². The van der Waals surface area contributed by atoms with Gasteiger partial charge in [-0.2, -0.15) is 0 Å². The van der Waals surface area contributed by atoms with Crippen molar-refractivity contribution in [2.24, 2.45) is 5.92 Å². The number of anilines is 1. The lowest BCUT2D eigenvalue weighted by Crippen LogP contribution is -2.47. The van der Waals surface area contributed by atoms with Crippen LogP contribution in [0.15, 0.2) is 24.3 Å². The molecule has 1 aromatic carbocycles. The normalized spacial score (nSPS) is 23.4. The minimum atomic E-state index is -0.412. The lowest BCUT2D eigenvalue weighted by Gasteiger charge is -2.30. The zero-order valence-corrected chi connectivity index (χ0v) is 15.3. The Kier molecular flexibility index (Phi) is 5.74. The van der Waals surface area contributed by atoms with Crippen LogP contribution < -0.4 is 10.2 Å². The molecule has 2 aliphatic heterocycles. The first-order chi connectivity index (χ1) is 12.1. The summed E-state index contributed by atoms with van der Waals surface area (Å²) in [6.07, 6.45) is 4.17. The molecule has 5 nitrogen and oxygen atoms in total. The number of piperidine rings is 1. The fraction of sp³-hybridized carbons (Fsp3) is 0.600. The van der Waals surface area contributed by atoms with Gasteiger partial charge in [-0.15, -0.1) is 0 Å². The van der Waals surface area contributed by atoms with Crippen LogP contribution in [0, 0.1) is 5.92 Å². The molecule has 1 fully saturated rings. The van der Waals surface area contributed by atoms with Crippen molar-refractivity contribution in [3.8, 4) is 0 Å². The van der Waals surface area contributed by atoms with Crippen LogP contribution in [0.4, 0.5) is 5.69 Å². The maximum absolute atomic E-state index is 12.6. The van der Waals surface area contributed by atoms with Gasteiger partial charge in [0.15, 0.2) is 0 Å². The number of carbonyl (C=O) groups excluding carboxylic acids is 2. The van der Waals surface area contributed by atoms with Crippen LogP contribution in [0.25, 0.3) is 0 Å². The van der Waals surface area contributed by atoms with Gasteiger partial charge in [-0.1, -0.05) is 25.1 Å². The van der Waals surface area contributed by atoms with E-state index in [-0.39, 0.29) is 11.8 Å². The molecule has 0 aromatic heterocycles. The van der Waals surface area contributed by atoms with Gasteiger partial charge >= 0.3 is 0 Å². The SMILES string of the molecule is CC(=O)N1c2ccccc2C[C@@H]1C(=O)NCCCN1CCC[C@H](C)C1. The number of amides is 2. The zero-order chi connectivity index (χ0) is 17.8. The van der Waals surface area contributed by atoms with Crippen molar-refractivity contribution in [3.63, 3.8) is 0 Å². The third-order valence-corrected chi connectivity index (χ3v) is 5.31. The van der Waals surface area contributed by atoms with E-state index in [4.69, 9.17) is 0 Å². The molecule has 1 aromatic rings. The fourth-order valence-corrected chi connectivity index (χ4v) is 4.11. The molecule has 2 heterocycles. The van der Waals surface area contributed by atoms with Crippen LogP contribution in [0.5, 0.6) is 0 Å². The molecule has 3 rings (SSSR count). The molecular formula is C20H29N3O2. The molecule has 0 unspecified atom stereocenters. The van der Waals surface area contributed by atoms with E-state index in [9.17, 15) is 9.59 Å². The standard InChI is InChI=1S/C20H29N3O2/c1-15-7-5-11-22(14-15)12-6-10-21-20(25)19-13-17-8-3-4-9-18(17)23(19)16(2)24/h3-4,8-9,15,19H,5-7,10-14H2,1-2H3,(H,21,25)/t15-,19+/m0/s1. The predicted molar refractivity (Wildman–Crippen MR) is 99.6 cm³/mol. The first kappa shape index (κ1) is 17.9. The number of nitrogens with one attached hydrogen (secondary N) is 1. The first-order valence-electron chi connectivity index (χ1n) is 9.44. The highest BCUT2D eigenvalue weighted by Gasteiger charge is 2.36. The Balaban J connectivity index is 1.49. The largest absolute Gasteiger partial charge is 0.354 e. The van der Waals surface area contributed by atoms with Crippen LogP contribution in [0.3, 0.4) is 0 Å². The topological polar surface area (TPSA) is 52.7 Å². The number of nitrogens with zero attached hydrogens (tertiary/aromatic N) is 2. The summed E-state index contributed by atoms with van der Waals surface area (Å²) in [7, 11) is 0. The molecule has 2 aliphatic rings. The van der Waals surface area contributed by atoms with Gasteiger partial charge in [0, 0.05) is 32.1 Å². The van der Waals surface area contributed by atoms with Gasteiger partial charge in [0.05, 0.1) is 0 Å². The van der Waals surface area contributed by atoms with Crippen LogP contribution in [0.2, 0.25) is 0 Å². The van der Waals surface area contributed by atoms with Crippen LogP contribution >= 0.6 is 0 Å². The second kappa shape index (κ2) is 8.00. The highest BCUT2D eigenvalue weighted by atomic mass is 16.2. The fourth-order valence-electron chi connectivity index (χ4n) is 4.11. The number of hydrogen-bond donors (Lipinski definition) is 1. The van der Waals surface area contributed by atoms with E-state index in [0.29, 0.717) is 13.0 Å². The Morgan fingerprint density at radius 1 is 1.28 bits per heavy atom. The predicted octanol–water partition coefficient (Wildman–Crippen LogP) is 2.20. The number of carbonyl (C=O) groups is 2. The third-order valence-electron chi connectivity index (χ3n) is 5.31. The Hall–Kier alpha value is -1.88. The van der Waals surface area contributed by atoms with E-state index < -0.39 is 6.04 Å². The molecule has 2 amide bonds. The van der Waals surface area contributed by atoms with Crippen molar-refractivity contribution in [2.75, 3.05) is 31.1 Å². The molecule has 2 atom stereocenters. The highest BCUT2D eigenvalue weighted by molar-refractivity contribution is 6.02. The quantitative estimate of drug-likeness (QED) is 0.834. The van der Waals surface area contributed by atoms with Crippen molar-refractivity contribution in [2.45, 2.75) is 45.6 Å². The second-order valence-electron chi connectivity index (χ2n) is 7.43. The van der Waals surface area contributed by atoms with Gasteiger partial charge < -0.3 is 10.2 Å². The Bertz CT molecular complexity index is 631. The first-order valence-corrected chi connectivity index (χ1v) is 9.44. The third kappa shape index (κ3) is 4.21. The maximum Gasteiger partial charge on any atom is 0.243 e. The Morgan fingerprint density at radius 3 is 2.84 bits per heavy atom. The molecule has 0 saturated carbocycles. The van der Waals surface area contributed by atoms with E-state index >= 15 is 0 Å². The molecule has 5 heteroatoms. The van der Waals surface area contributed by atoms with Gasteiger partial charge in [-0.25, -0.2) is 0 Å². The smallest absolute Gasteiger partial charge is 0.243 e. The van der Waals surface area contributed by atoms with Crippen molar-refractivity contribution in [3.05, 3.63) is 29.8 Å². The van der Waals surface area contributed by atoms with Gasteiger partial charge in [0.2, 0.25) is 11.8 Å². The van der Waals surface area contributed by atoms with Crippen molar-refractivity contribution < 1.29 is 9.59 Å². The van der Waals surface area contributed by atoms with Crippen LogP contribution in [-0.2, 0) is 16.0 Å². The highest BCUT2D eigenvalue weighted by Crippen LogP contribution is 2.32. The van der Waals surface area contributed by atoms with E-state index in [2.05, 4.69) is 17.1 Å².